The van der Waals surface area contributed by atoms with Crippen molar-refractivity contribution >= 4 is 34.8 Å². The number of rotatable bonds is 9. The molecule has 0 amide bonds. The Morgan fingerprint density at radius 2 is 2.03 bits per heavy atom. The van der Waals surface area contributed by atoms with Gasteiger partial charge in [-0.05, 0) is 51.3 Å². The van der Waals surface area contributed by atoms with Gasteiger partial charge in [0.15, 0.2) is 17.3 Å². The maximum atomic E-state index is 15.2. The lowest BCUT2D eigenvalue weighted by molar-refractivity contribution is -0.107. The molecule has 1 heterocycles. The maximum Gasteiger partial charge on any atom is 0.161 e. The van der Waals surface area contributed by atoms with Gasteiger partial charge in [-0.2, -0.15) is 0 Å². The Morgan fingerprint density at radius 3 is 2.77 bits per heavy atom. The van der Waals surface area contributed by atoms with E-state index in [0.717, 1.165) is 17.4 Å². The highest BCUT2D eigenvalue weighted by Gasteiger charge is 2.14. The zero-order chi connectivity index (χ0) is 22.4. The van der Waals surface area contributed by atoms with E-state index in [-0.39, 0.29) is 17.3 Å². The van der Waals surface area contributed by atoms with Crippen molar-refractivity contribution in [3.63, 3.8) is 0 Å². The molecule has 0 atom stereocenters. The molecule has 0 spiro atoms. The molecule has 0 saturated heterocycles. The second-order valence-corrected chi connectivity index (χ2v) is 7.57. The van der Waals surface area contributed by atoms with Crippen LogP contribution in [0.5, 0.6) is 11.5 Å². The number of carbonyl (C=O) groups excluding carboxylic acids is 1. The van der Waals surface area contributed by atoms with E-state index in [2.05, 4.69) is 15.3 Å². The highest BCUT2D eigenvalue weighted by molar-refractivity contribution is 5.93. The number of ether oxygens (including phenoxy) is 1. The normalized spacial score (nSPS) is 10.7. The second kappa shape index (κ2) is 10.0. The van der Waals surface area contributed by atoms with Gasteiger partial charge < -0.3 is 20.0 Å². The third-order valence-electron chi connectivity index (χ3n) is 4.77. The summed E-state index contributed by atoms with van der Waals surface area (Å²) in [6, 6.07) is 6.65. The molecular weight excluding hydrogens is 397 g/mol. The summed E-state index contributed by atoms with van der Waals surface area (Å²) in [5, 5.41) is 13.9. The SMILES string of the molecule is CC(C)=Cc1c(C)ccc(Nc2ncnc3cc(O)c(OCCCCC=O)cc23)c1F. The summed E-state index contributed by atoms with van der Waals surface area (Å²) in [4.78, 5) is 18.9. The molecule has 0 saturated carbocycles. The molecule has 7 heteroatoms. The lowest BCUT2D eigenvalue weighted by Crippen LogP contribution is -2.02. The number of aldehydes is 1. The largest absolute Gasteiger partial charge is 0.504 e. The summed E-state index contributed by atoms with van der Waals surface area (Å²) in [5.74, 6) is 0.283. The molecule has 2 aromatic carbocycles. The van der Waals surface area contributed by atoms with E-state index >= 15 is 4.39 Å². The molecule has 0 aliphatic rings. The molecule has 31 heavy (non-hydrogen) atoms. The van der Waals surface area contributed by atoms with E-state index in [9.17, 15) is 9.90 Å². The third-order valence-corrected chi connectivity index (χ3v) is 4.77. The van der Waals surface area contributed by atoms with Crippen molar-refractivity contribution in [2.45, 2.75) is 40.0 Å². The number of carbonyl (C=O) groups is 1. The first-order valence-electron chi connectivity index (χ1n) is 10.2. The first-order chi connectivity index (χ1) is 14.9. The number of hydrogen-bond acceptors (Lipinski definition) is 6. The van der Waals surface area contributed by atoms with Crippen LogP contribution in [-0.4, -0.2) is 28.0 Å². The van der Waals surface area contributed by atoms with Gasteiger partial charge >= 0.3 is 0 Å². The van der Waals surface area contributed by atoms with Crippen molar-refractivity contribution in [1.29, 1.82) is 0 Å². The predicted molar refractivity (Wildman–Crippen MR) is 120 cm³/mol. The molecule has 0 unspecified atom stereocenters. The number of aromatic hydroxyl groups is 1. The zero-order valence-electron chi connectivity index (χ0n) is 17.9. The Hall–Kier alpha value is -3.48. The van der Waals surface area contributed by atoms with Crippen LogP contribution in [0.25, 0.3) is 17.0 Å². The van der Waals surface area contributed by atoms with Crippen LogP contribution >= 0.6 is 0 Å². The van der Waals surface area contributed by atoms with Crippen LogP contribution in [-0.2, 0) is 4.79 Å². The van der Waals surface area contributed by atoms with Gasteiger partial charge in [0, 0.05) is 23.4 Å². The van der Waals surface area contributed by atoms with E-state index < -0.39 is 0 Å². The number of allylic oxidation sites excluding steroid dienone is 1. The van der Waals surface area contributed by atoms with Crippen LogP contribution in [0.3, 0.4) is 0 Å². The fraction of sp³-hybridized carbons (Fsp3) is 0.292. The van der Waals surface area contributed by atoms with Crippen molar-refractivity contribution in [2.75, 3.05) is 11.9 Å². The minimum absolute atomic E-state index is 0.0418. The molecular formula is C24H26FN3O3. The van der Waals surface area contributed by atoms with Gasteiger partial charge in [-0.15, -0.1) is 0 Å². The number of nitrogens with zero attached hydrogens (tertiary/aromatic N) is 2. The molecule has 0 fully saturated rings. The number of aryl methyl sites for hydroxylation is 1. The molecule has 3 rings (SSSR count). The van der Waals surface area contributed by atoms with E-state index in [1.807, 2.05) is 32.9 Å². The van der Waals surface area contributed by atoms with Gasteiger partial charge in [-0.3, -0.25) is 0 Å². The van der Waals surface area contributed by atoms with E-state index in [1.165, 1.54) is 12.4 Å². The number of hydrogen-bond donors (Lipinski definition) is 2. The van der Waals surface area contributed by atoms with Gasteiger partial charge in [0.05, 0.1) is 17.8 Å². The van der Waals surface area contributed by atoms with Crippen molar-refractivity contribution in [3.8, 4) is 11.5 Å². The predicted octanol–water partition coefficient (Wildman–Crippen LogP) is 5.70. The Balaban J connectivity index is 1.93. The van der Waals surface area contributed by atoms with E-state index in [0.29, 0.717) is 53.8 Å². The van der Waals surface area contributed by atoms with Gasteiger partial charge in [-0.1, -0.05) is 17.7 Å². The average Bonchev–Trinajstić information content (AvgIpc) is 2.73. The number of halogens is 1. The number of unbranched alkanes of at least 4 members (excludes halogenated alkanes) is 2. The molecule has 1 aromatic heterocycles. The number of aromatic nitrogens is 2. The Labute approximate surface area is 180 Å². The average molecular weight is 423 g/mol. The highest BCUT2D eigenvalue weighted by atomic mass is 19.1. The highest BCUT2D eigenvalue weighted by Crippen LogP contribution is 2.35. The third kappa shape index (κ3) is 5.36. The number of anilines is 2. The first-order valence-corrected chi connectivity index (χ1v) is 10.2. The summed E-state index contributed by atoms with van der Waals surface area (Å²) < 4.78 is 20.8. The lowest BCUT2D eigenvalue weighted by Gasteiger charge is -2.14. The van der Waals surface area contributed by atoms with Gasteiger partial charge in [-0.25, -0.2) is 14.4 Å². The topological polar surface area (TPSA) is 84.3 Å². The van der Waals surface area contributed by atoms with Crippen LogP contribution in [0.2, 0.25) is 0 Å². The Bertz CT molecular complexity index is 1120. The molecule has 6 nitrogen and oxygen atoms in total. The molecule has 0 bridgehead atoms. The molecule has 3 aromatic rings. The summed E-state index contributed by atoms with van der Waals surface area (Å²) in [5.41, 5.74) is 3.16. The van der Waals surface area contributed by atoms with Crippen LogP contribution < -0.4 is 10.1 Å². The standard InChI is InChI=1S/C24H26FN3O3/c1-15(2)11-17-16(3)7-8-19(23(17)25)28-24-18-12-22(31-10-6-4-5-9-29)21(30)13-20(18)26-14-27-24/h7-9,11-14,30H,4-6,10H2,1-3H3,(H,26,27,28). The van der Waals surface area contributed by atoms with Crippen molar-refractivity contribution in [2.24, 2.45) is 0 Å². The number of phenolic OH excluding ortho intramolecular Hbond substituents is 1. The van der Waals surface area contributed by atoms with Crippen LogP contribution in [0.1, 0.15) is 44.2 Å². The van der Waals surface area contributed by atoms with Crippen molar-refractivity contribution in [1.82, 2.24) is 9.97 Å². The lowest BCUT2D eigenvalue weighted by atomic mass is 10.0. The van der Waals surface area contributed by atoms with E-state index in [4.69, 9.17) is 4.74 Å². The van der Waals surface area contributed by atoms with Crippen molar-refractivity contribution < 1.29 is 19.0 Å². The summed E-state index contributed by atoms with van der Waals surface area (Å²) >= 11 is 0. The second-order valence-electron chi connectivity index (χ2n) is 7.57. The number of fused-ring (bicyclic) bond motifs is 1. The Morgan fingerprint density at radius 1 is 1.23 bits per heavy atom. The minimum atomic E-state index is -0.363. The maximum absolute atomic E-state index is 15.2. The van der Waals surface area contributed by atoms with Crippen LogP contribution in [0.4, 0.5) is 15.9 Å². The molecule has 0 aliphatic heterocycles. The molecule has 2 N–H and O–H groups in total. The minimum Gasteiger partial charge on any atom is -0.504 e. The van der Waals surface area contributed by atoms with Gasteiger partial charge in [0.25, 0.3) is 0 Å². The van der Waals surface area contributed by atoms with Crippen LogP contribution in [0, 0.1) is 12.7 Å². The van der Waals surface area contributed by atoms with Gasteiger partial charge in [0.1, 0.15) is 18.4 Å². The summed E-state index contributed by atoms with van der Waals surface area (Å²) in [6.45, 7) is 6.07. The zero-order valence-corrected chi connectivity index (χ0v) is 17.9. The van der Waals surface area contributed by atoms with Gasteiger partial charge in [0.2, 0.25) is 0 Å². The molecule has 0 aliphatic carbocycles. The molecule has 0 radical (unpaired) electrons. The fourth-order valence-corrected chi connectivity index (χ4v) is 3.18. The number of nitrogens with one attached hydrogen (secondary N) is 1. The summed E-state index contributed by atoms with van der Waals surface area (Å²) in [6.07, 6.45) is 5.92. The first kappa shape index (κ1) is 22.2. The molecule has 162 valence electrons. The fourth-order valence-electron chi connectivity index (χ4n) is 3.18. The Kier molecular flexibility index (Phi) is 7.18. The van der Waals surface area contributed by atoms with Crippen molar-refractivity contribution in [3.05, 3.63) is 53.1 Å². The number of benzene rings is 2. The number of phenols is 1. The monoisotopic (exact) mass is 423 g/mol. The smallest absolute Gasteiger partial charge is 0.161 e. The van der Waals surface area contributed by atoms with E-state index in [1.54, 1.807) is 12.1 Å². The quantitative estimate of drug-likeness (QED) is 0.339. The summed E-state index contributed by atoms with van der Waals surface area (Å²) in [7, 11) is 0. The van der Waals surface area contributed by atoms with Crippen LogP contribution in [0.15, 0.2) is 36.2 Å².